The summed E-state index contributed by atoms with van der Waals surface area (Å²) >= 11 is 0. The van der Waals surface area contributed by atoms with E-state index in [2.05, 4.69) is 20.1 Å². The average molecular weight is 168 g/mol. The third kappa shape index (κ3) is 5.19. The molecule has 50 valence electrons. The summed E-state index contributed by atoms with van der Waals surface area (Å²) in [6, 6.07) is 0. The molecule has 1 atom stereocenters. The number of rotatable bonds is 4. The van der Waals surface area contributed by atoms with Crippen LogP contribution in [-0.4, -0.2) is 11.5 Å². The molecule has 0 amide bonds. The van der Waals surface area contributed by atoms with Crippen LogP contribution in [0.5, 0.6) is 0 Å². The Morgan fingerprint density at radius 1 is 1.50 bits per heavy atom. The molecule has 0 spiro atoms. The van der Waals surface area contributed by atoms with Crippen molar-refractivity contribution in [1.82, 2.24) is 0 Å². The highest BCUT2D eigenvalue weighted by molar-refractivity contribution is 9.09. The van der Waals surface area contributed by atoms with Crippen LogP contribution in [-0.2, 0) is 0 Å². The molecule has 0 aromatic carbocycles. The van der Waals surface area contributed by atoms with E-state index in [0.29, 0.717) is 0 Å². The lowest BCUT2D eigenvalue weighted by atomic mass is 10.4. The Balaban J connectivity index is 2.86. The Kier molecular flexibility index (Phi) is 6.98. The van der Waals surface area contributed by atoms with E-state index in [1.54, 1.807) is 0 Å². The van der Waals surface area contributed by atoms with Gasteiger partial charge in [-0.25, -0.2) is 0 Å². The second-order valence-electron chi connectivity index (χ2n) is 1.55. The van der Waals surface area contributed by atoms with Gasteiger partial charge in [0.15, 0.2) is 0 Å². The first-order valence-corrected chi connectivity index (χ1v) is 6.62. The highest BCUT2D eigenvalue weighted by Crippen LogP contribution is 2.36. The first-order chi connectivity index (χ1) is 3.81. The molecule has 0 unspecified atom stereocenters. The highest BCUT2D eigenvalue weighted by Gasteiger charge is 1.96. The lowest BCUT2D eigenvalue weighted by Gasteiger charge is -2.02. The summed E-state index contributed by atoms with van der Waals surface area (Å²) in [5.41, 5.74) is 0. The van der Waals surface area contributed by atoms with Crippen LogP contribution < -0.4 is 0 Å². The predicted molar refractivity (Wildman–Crippen MR) is 48.5 cm³/mol. The standard InChI is InChI=1S/C5H12S3/c1-4-5(2)7-8-6-3/h5H,4H2,1-3H3/t5-/m1/s1. The Morgan fingerprint density at radius 3 is 2.50 bits per heavy atom. The Bertz CT molecular complexity index is 46.9. The lowest BCUT2D eigenvalue weighted by molar-refractivity contribution is 0.912. The van der Waals surface area contributed by atoms with Crippen LogP contribution >= 0.6 is 31.4 Å². The van der Waals surface area contributed by atoms with Crippen molar-refractivity contribution >= 4 is 31.4 Å². The molecular formula is C5H12S3. The summed E-state index contributed by atoms with van der Waals surface area (Å²) in [6.07, 6.45) is 3.39. The highest BCUT2D eigenvalue weighted by atomic mass is 33.5. The van der Waals surface area contributed by atoms with E-state index in [0.717, 1.165) is 5.25 Å². The van der Waals surface area contributed by atoms with Crippen molar-refractivity contribution < 1.29 is 0 Å². The molecule has 0 aromatic rings. The Labute approximate surface area is 63.4 Å². The van der Waals surface area contributed by atoms with Crippen molar-refractivity contribution in [3.8, 4) is 0 Å². The van der Waals surface area contributed by atoms with E-state index in [1.807, 2.05) is 31.4 Å². The first-order valence-electron chi connectivity index (χ1n) is 2.67. The fraction of sp³-hybridized carbons (Fsp3) is 1.00. The lowest BCUT2D eigenvalue weighted by Crippen LogP contribution is -1.86. The molecule has 3 heteroatoms. The van der Waals surface area contributed by atoms with Gasteiger partial charge >= 0.3 is 0 Å². The fourth-order valence-corrected chi connectivity index (χ4v) is 3.48. The largest absolute Gasteiger partial charge is 0.0860 e. The molecule has 0 rings (SSSR count). The van der Waals surface area contributed by atoms with Crippen molar-refractivity contribution in [1.29, 1.82) is 0 Å². The molecule has 0 nitrogen and oxygen atoms in total. The van der Waals surface area contributed by atoms with Crippen LogP contribution in [0.4, 0.5) is 0 Å². The van der Waals surface area contributed by atoms with Crippen molar-refractivity contribution in [3.05, 3.63) is 0 Å². The zero-order chi connectivity index (χ0) is 6.41. The van der Waals surface area contributed by atoms with E-state index >= 15 is 0 Å². The van der Waals surface area contributed by atoms with Gasteiger partial charge in [0.1, 0.15) is 0 Å². The minimum absolute atomic E-state index is 0.812. The van der Waals surface area contributed by atoms with E-state index in [-0.39, 0.29) is 0 Å². The smallest absolute Gasteiger partial charge is 0.0128 e. The third-order valence-corrected chi connectivity index (χ3v) is 5.28. The van der Waals surface area contributed by atoms with Gasteiger partial charge in [-0.15, -0.1) is 0 Å². The summed E-state index contributed by atoms with van der Waals surface area (Å²) in [7, 11) is 5.66. The van der Waals surface area contributed by atoms with Gasteiger partial charge in [0.25, 0.3) is 0 Å². The summed E-state index contributed by atoms with van der Waals surface area (Å²) in [5.74, 6) is 0. The van der Waals surface area contributed by atoms with Crippen molar-refractivity contribution in [2.45, 2.75) is 25.5 Å². The molecule has 0 aliphatic rings. The second kappa shape index (κ2) is 6.17. The van der Waals surface area contributed by atoms with Crippen molar-refractivity contribution in [2.75, 3.05) is 6.26 Å². The van der Waals surface area contributed by atoms with Crippen LogP contribution in [0.2, 0.25) is 0 Å². The molecule has 0 N–H and O–H groups in total. The van der Waals surface area contributed by atoms with Crippen molar-refractivity contribution in [3.63, 3.8) is 0 Å². The monoisotopic (exact) mass is 168 g/mol. The predicted octanol–water partition coefficient (Wildman–Crippen LogP) is 3.44. The van der Waals surface area contributed by atoms with Gasteiger partial charge in [-0.3, -0.25) is 0 Å². The van der Waals surface area contributed by atoms with Gasteiger partial charge in [0.05, 0.1) is 0 Å². The minimum atomic E-state index is 0.812. The molecule has 0 aliphatic heterocycles. The van der Waals surface area contributed by atoms with E-state index in [9.17, 15) is 0 Å². The fourth-order valence-electron chi connectivity index (χ4n) is 0.174. The van der Waals surface area contributed by atoms with Gasteiger partial charge in [-0.05, 0) is 22.5 Å². The molecule has 0 radical (unpaired) electrons. The zero-order valence-electron chi connectivity index (χ0n) is 5.51. The van der Waals surface area contributed by atoms with Crippen LogP contribution in [0.25, 0.3) is 0 Å². The first kappa shape index (κ1) is 9.05. The maximum absolute atomic E-state index is 2.26. The molecule has 0 fully saturated rings. The van der Waals surface area contributed by atoms with Gasteiger partial charge in [-0.1, -0.05) is 35.4 Å². The molecule has 8 heavy (non-hydrogen) atoms. The Morgan fingerprint density at radius 2 is 2.12 bits per heavy atom. The van der Waals surface area contributed by atoms with Gasteiger partial charge in [0.2, 0.25) is 0 Å². The Hall–Kier alpha value is 1.05. The van der Waals surface area contributed by atoms with E-state index < -0.39 is 0 Å². The zero-order valence-corrected chi connectivity index (χ0v) is 7.96. The summed E-state index contributed by atoms with van der Waals surface area (Å²) < 4.78 is 0. The van der Waals surface area contributed by atoms with Gasteiger partial charge in [0, 0.05) is 5.25 Å². The maximum Gasteiger partial charge on any atom is 0.0128 e. The van der Waals surface area contributed by atoms with Crippen molar-refractivity contribution in [2.24, 2.45) is 0 Å². The van der Waals surface area contributed by atoms with Gasteiger partial charge in [-0.2, -0.15) is 0 Å². The topological polar surface area (TPSA) is 0 Å². The summed E-state index contributed by atoms with van der Waals surface area (Å²) in [5, 5.41) is 0.812. The normalized spacial score (nSPS) is 13.9. The van der Waals surface area contributed by atoms with Crippen LogP contribution in [0.1, 0.15) is 20.3 Å². The molecule has 0 aliphatic carbocycles. The second-order valence-corrected chi connectivity index (χ2v) is 6.23. The maximum atomic E-state index is 2.26. The van der Waals surface area contributed by atoms with Crippen LogP contribution in [0.15, 0.2) is 0 Å². The average Bonchev–Trinajstić information content (AvgIpc) is 1.83. The molecule has 0 heterocycles. The van der Waals surface area contributed by atoms with E-state index in [1.165, 1.54) is 6.42 Å². The van der Waals surface area contributed by atoms with Crippen LogP contribution in [0.3, 0.4) is 0 Å². The molecule has 0 saturated heterocycles. The minimum Gasteiger partial charge on any atom is -0.0860 e. The molecule has 0 aromatic heterocycles. The van der Waals surface area contributed by atoms with Gasteiger partial charge < -0.3 is 0 Å². The third-order valence-electron chi connectivity index (χ3n) is 0.847. The summed E-state index contributed by atoms with van der Waals surface area (Å²) in [6.45, 7) is 4.48. The van der Waals surface area contributed by atoms with Crippen LogP contribution in [0, 0.1) is 0 Å². The summed E-state index contributed by atoms with van der Waals surface area (Å²) in [4.78, 5) is 0. The SMILES string of the molecule is CC[C@@H](C)SSSC. The molecular weight excluding hydrogens is 156 g/mol. The molecule has 0 saturated carbocycles. The molecule has 0 bridgehead atoms. The quantitative estimate of drug-likeness (QED) is 0.590. The number of hydrogen-bond acceptors (Lipinski definition) is 3. The number of hydrogen-bond donors (Lipinski definition) is 0. The van der Waals surface area contributed by atoms with E-state index in [4.69, 9.17) is 0 Å².